The predicted octanol–water partition coefficient (Wildman–Crippen LogP) is 3.94. The Balaban J connectivity index is 1.44. The van der Waals surface area contributed by atoms with Crippen LogP contribution >= 0.6 is 0 Å². The highest BCUT2D eigenvalue weighted by Crippen LogP contribution is 2.15. The van der Waals surface area contributed by atoms with Crippen LogP contribution in [0.4, 0.5) is 0 Å². The van der Waals surface area contributed by atoms with E-state index in [2.05, 4.69) is 16.4 Å². The minimum absolute atomic E-state index is 0.115. The maximum absolute atomic E-state index is 13.1. The van der Waals surface area contributed by atoms with Crippen molar-refractivity contribution in [3.63, 3.8) is 0 Å². The number of hydrogen-bond acceptors (Lipinski definition) is 3. The third-order valence-corrected chi connectivity index (χ3v) is 5.56. The van der Waals surface area contributed by atoms with E-state index in [0.29, 0.717) is 29.8 Å². The van der Waals surface area contributed by atoms with Gasteiger partial charge in [-0.2, -0.15) is 0 Å². The van der Waals surface area contributed by atoms with Crippen LogP contribution in [0.3, 0.4) is 0 Å². The maximum atomic E-state index is 13.1. The topological polar surface area (TPSA) is 68.4 Å². The molecule has 6 heteroatoms. The minimum atomic E-state index is -0.147. The molecule has 1 N–H and O–H groups in total. The molecule has 0 aliphatic heterocycles. The predicted molar refractivity (Wildman–Crippen MR) is 125 cm³/mol. The first-order valence-corrected chi connectivity index (χ1v) is 10.5. The number of hydrogen-bond donors (Lipinski definition) is 1. The fraction of sp³-hybridized carbons (Fsp3) is 0.115. The highest BCUT2D eigenvalue weighted by molar-refractivity contribution is 5.94. The minimum Gasteiger partial charge on any atom is -0.348 e. The van der Waals surface area contributed by atoms with E-state index in [1.54, 1.807) is 22.9 Å². The number of carbonyl (C=O) groups is 1. The Kier molecular flexibility index (Phi) is 5.03. The van der Waals surface area contributed by atoms with Crippen LogP contribution in [0.15, 0.2) is 90.0 Å². The molecule has 3 aromatic heterocycles. The van der Waals surface area contributed by atoms with Gasteiger partial charge in [-0.3, -0.25) is 14.2 Å². The average molecular weight is 422 g/mol. The molecule has 0 aliphatic rings. The van der Waals surface area contributed by atoms with Crippen molar-refractivity contribution in [3.05, 3.63) is 118 Å². The molecule has 6 nitrogen and oxygen atoms in total. The molecule has 0 bridgehead atoms. The van der Waals surface area contributed by atoms with Crippen LogP contribution in [0.25, 0.3) is 16.7 Å². The molecular formula is C26H22N4O2. The van der Waals surface area contributed by atoms with Crippen LogP contribution in [0.5, 0.6) is 0 Å². The van der Waals surface area contributed by atoms with E-state index >= 15 is 0 Å². The quantitative estimate of drug-likeness (QED) is 0.467. The van der Waals surface area contributed by atoms with Crippen LogP contribution in [0, 0.1) is 6.92 Å². The number of aromatic nitrogens is 3. The second kappa shape index (κ2) is 8.15. The molecule has 5 rings (SSSR count). The molecule has 1 amide bonds. The summed E-state index contributed by atoms with van der Waals surface area (Å²) < 4.78 is 3.52. The number of benzene rings is 2. The van der Waals surface area contributed by atoms with Crippen LogP contribution in [-0.2, 0) is 13.1 Å². The summed E-state index contributed by atoms with van der Waals surface area (Å²) in [6.45, 7) is 2.82. The van der Waals surface area contributed by atoms with E-state index in [9.17, 15) is 9.59 Å². The van der Waals surface area contributed by atoms with Crippen LogP contribution in [0.1, 0.15) is 27.0 Å². The van der Waals surface area contributed by atoms with E-state index in [0.717, 1.165) is 22.2 Å². The Labute approximate surface area is 184 Å². The largest absolute Gasteiger partial charge is 0.348 e. The molecule has 5 aromatic rings. The summed E-state index contributed by atoms with van der Waals surface area (Å²) in [5.74, 6) is -0.147. The number of pyridine rings is 1. The van der Waals surface area contributed by atoms with E-state index in [1.165, 1.54) is 0 Å². The van der Waals surface area contributed by atoms with Gasteiger partial charge in [0.1, 0.15) is 5.52 Å². The van der Waals surface area contributed by atoms with Crippen molar-refractivity contribution in [1.29, 1.82) is 0 Å². The first kappa shape index (κ1) is 19.8. The molecule has 0 atom stereocenters. The van der Waals surface area contributed by atoms with E-state index < -0.39 is 0 Å². The highest BCUT2D eigenvalue weighted by atomic mass is 16.1. The summed E-state index contributed by atoms with van der Waals surface area (Å²) in [6, 6.07) is 22.9. The van der Waals surface area contributed by atoms with Crippen molar-refractivity contribution in [3.8, 4) is 0 Å². The molecule has 0 saturated heterocycles. The monoisotopic (exact) mass is 422 g/mol. The molecule has 158 valence electrons. The highest BCUT2D eigenvalue weighted by Gasteiger charge is 2.13. The summed E-state index contributed by atoms with van der Waals surface area (Å²) in [5, 5.41) is 2.97. The fourth-order valence-electron chi connectivity index (χ4n) is 4.03. The summed E-state index contributed by atoms with van der Waals surface area (Å²) >= 11 is 0. The average Bonchev–Trinajstić information content (AvgIpc) is 3.31. The van der Waals surface area contributed by atoms with Crippen LogP contribution < -0.4 is 10.9 Å². The smallest absolute Gasteiger partial charge is 0.276 e. The molecule has 0 aliphatic carbocycles. The lowest BCUT2D eigenvalue weighted by atomic mass is 10.1. The first-order chi connectivity index (χ1) is 15.6. The summed E-state index contributed by atoms with van der Waals surface area (Å²) in [6.07, 6.45) is 3.55. The molecule has 0 radical (unpaired) electrons. The van der Waals surface area contributed by atoms with Gasteiger partial charge in [0.2, 0.25) is 0 Å². The van der Waals surface area contributed by atoms with Crippen molar-refractivity contribution in [1.82, 2.24) is 19.3 Å². The molecule has 32 heavy (non-hydrogen) atoms. The Hall–Kier alpha value is -4.19. The molecule has 3 heterocycles. The van der Waals surface area contributed by atoms with Gasteiger partial charge in [0.25, 0.3) is 11.5 Å². The normalized spacial score (nSPS) is 11.2. The fourth-order valence-corrected chi connectivity index (χ4v) is 4.03. The molecule has 0 fully saturated rings. The van der Waals surface area contributed by atoms with Gasteiger partial charge in [-0.1, -0.05) is 42.0 Å². The summed E-state index contributed by atoms with van der Waals surface area (Å²) in [7, 11) is 0. The molecule has 0 spiro atoms. The van der Waals surface area contributed by atoms with Crippen molar-refractivity contribution < 1.29 is 4.79 Å². The van der Waals surface area contributed by atoms with Gasteiger partial charge in [0, 0.05) is 24.5 Å². The first-order valence-electron chi connectivity index (χ1n) is 10.5. The lowest BCUT2D eigenvalue weighted by Gasteiger charge is -2.12. The number of amides is 1. The standard InChI is InChI=1S/C26H22N4O2/c1-18-6-2-7-19(14-18)16-28-25(31)21-9-3-8-20(15-21)17-30-24-22(10-4-12-27-24)29-13-5-11-23(29)26(30)32/h2-15H,16-17H2,1H3,(H,28,31). The van der Waals surface area contributed by atoms with Gasteiger partial charge in [0.15, 0.2) is 5.65 Å². The van der Waals surface area contributed by atoms with Crippen LogP contribution in [0.2, 0.25) is 0 Å². The Morgan fingerprint density at radius 2 is 1.75 bits per heavy atom. The zero-order valence-electron chi connectivity index (χ0n) is 17.7. The van der Waals surface area contributed by atoms with Gasteiger partial charge in [-0.15, -0.1) is 0 Å². The number of fused-ring (bicyclic) bond motifs is 3. The van der Waals surface area contributed by atoms with Gasteiger partial charge in [0.05, 0.1) is 12.1 Å². The Morgan fingerprint density at radius 1 is 0.938 bits per heavy atom. The lowest BCUT2D eigenvalue weighted by Crippen LogP contribution is -2.25. The zero-order valence-corrected chi connectivity index (χ0v) is 17.7. The summed E-state index contributed by atoms with van der Waals surface area (Å²) in [4.78, 5) is 30.3. The molecule has 0 saturated carbocycles. The third kappa shape index (κ3) is 3.67. The van der Waals surface area contributed by atoms with Crippen molar-refractivity contribution in [2.24, 2.45) is 0 Å². The molecule has 0 unspecified atom stereocenters. The van der Waals surface area contributed by atoms with Crippen molar-refractivity contribution in [2.75, 3.05) is 0 Å². The lowest BCUT2D eigenvalue weighted by molar-refractivity contribution is 0.0951. The van der Waals surface area contributed by atoms with Gasteiger partial charge in [-0.25, -0.2) is 4.98 Å². The number of rotatable bonds is 5. The van der Waals surface area contributed by atoms with Crippen LogP contribution in [-0.4, -0.2) is 19.9 Å². The molecular weight excluding hydrogens is 400 g/mol. The van der Waals surface area contributed by atoms with Crippen molar-refractivity contribution in [2.45, 2.75) is 20.0 Å². The second-order valence-electron chi connectivity index (χ2n) is 7.87. The zero-order chi connectivity index (χ0) is 22.1. The number of aryl methyl sites for hydroxylation is 1. The Bertz CT molecular complexity index is 1510. The maximum Gasteiger partial charge on any atom is 0.276 e. The third-order valence-electron chi connectivity index (χ3n) is 5.56. The van der Waals surface area contributed by atoms with Gasteiger partial charge in [-0.05, 0) is 54.4 Å². The SMILES string of the molecule is Cc1cccc(CNC(=O)c2cccc(Cn3c(=O)c4cccn4c4cccnc43)c2)c1. The number of nitrogens with one attached hydrogen (secondary N) is 1. The summed E-state index contributed by atoms with van der Waals surface area (Å²) in [5.41, 5.74) is 5.58. The molecule has 2 aromatic carbocycles. The van der Waals surface area contributed by atoms with E-state index in [-0.39, 0.29) is 11.5 Å². The van der Waals surface area contributed by atoms with E-state index in [4.69, 9.17) is 0 Å². The van der Waals surface area contributed by atoms with Gasteiger partial charge >= 0.3 is 0 Å². The number of nitrogens with zero attached hydrogens (tertiary/aromatic N) is 3. The van der Waals surface area contributed by atoms with Crippen molar-refractivity contribution >= 4 is 22.6 Å². The second-order valence-corrected chi connectivity index (χ2v) is 7.87. The van der Waals surface area contributed by atoms with Gasteiger partial charge < -0.3 is 9.72 Å². The van der Waals surface area contributed by atoms with E-state index in [1.807, 2.05) is 72.1 Å². The Morgan fingerprint density at radius 3 is 2.62 bits per heavy atom. The number of carbonyl (C=O) groups excluding carboxylic acids is 1.